The van der Waals surface area contributed by atoms with E-state index in [0.29, 0.717) is 11.4 Å². The van der Waals surface area contributed by atoms with Crippen LogP contribution in [0.15, 0.2) is 48.5 Å². The van der Waals surface area contributed by atoms with Gasteiger partial charge in [-0.05, 0) is 39.8 Å². The zero-order valence-corrected chi connectivity index (χ0v) is 18.0. The van der Waals surface area contributed by atoms with Gasteiger partial charge in [0.1, 0.15) is 11.4 Å². The molecule has 7 heteroatoms. The molecular formula is C23H28N6O. The van der Waals surface area contributed by atoms with E-state index in [-0.39, 0.29) is 5.78 Å². The fourth-order valence-corrected chi connectivity index (χ4v) is 3.97. The molecule has 0 atom stereocenters. The average molecular weight is 405 g/mol. The first-order valence-corrected chi connectivity index (χ1v) is 10.6. The Kier molecular flexibility index (Phi) is 5.44. The number of ketones is 1. The number of hydrogen-bond acceptors (Lipinski definition) is 5. The Morgan fingerprint density at radius 3 is 1.43 bits per heavy atom. The molecule has 2 aromatic heterocycles. The third-order valence-corrected chi connectivity index (χ3v) is 5.55. The maximum Gasteiger partial charge on any atom is 0.234 e. The quantitative estimate of drug-likeness (QED) is 0.420. The summed E-state index contributed by atoms with van der Waals surface area (Å²) < 4.78 is 0. The highest BCUT2D eigenvalue weighted by Crippen LogP contribution is 2.26. The van der Waals surface area contributed by atoms with Gasteiger partial charge >= 0.3 is 0 Å². The van der Waals surface area contributed by atoms with Gasteiger partial charge in [0.2, 0.25) is 5.78 Å². The Morgan fingerprint density at radius 2 is 1.07 bits per heavy atom. The number of aromatic nitrogens is 4. The minimum absolute atomic E-state index is 0.0730. The summed E-state index contributed by atoms with van der Waals surface area (Å²) in [5.74, 6) is -0.0730. The molecule has 30 heavy (non-hydrogen) atoms. The standard InChI is InChI=1S/C23H28N6O/c1-5-26(6-2)28-21(17-13-9-11-15-19(17)24-28)23(30)22-18-14-10-12-16-20(18)25-29(22)27(7-3)8-4/h9-16H,5-8H2,1-4H3. The molecule has 0 saturated carbocycles. The van der Waals surface area contributed by atoms with Crippen molar-refractivity contribution in [3.63, 3.8) is 0 Å². The molecule has 7 nitrogen and oxygen atoms in total. The summed E-state index contributed by atoms with van der Waals surface area (Å²) in [5, 5.41) is 15.3. The normalized spacial score (nSPS) is 11.3. The molecule has 4 rings (SSSR count). The first kappa shape index (κ1) is 19.9. The molecule has 0 bridgehead atoms. The summed E-state index contributed by atoms with van der Waals surface area (Å²) in [6.07, 6.45) is 0. The second-order valence-electron chi connectivity index (χ2n) is 7.12. The molecule has 2 heterocycles. The highest BCUT2D eigenvalue weighted by molar-refractivity contribution is 6.19. The Bertz CT molecular complexity index is 1090. The van der Waals surface area contributed by atoms with Crippen molar-refractivity contribution in [2.75, 3.05) is 36.2 Å². The SMILES string of the molecule is CCN(CC)n1nc2ccccc2c1C(=O)c1c2ccccc2nn1N(CC)CC. The van der Waals surface area contributed by atoms with E-state index in [9.17, 15) is 4.79 Å². The summed E-state index contributed by atoms with van der Waals surface area (Å²) >= 11 is 0. The molecule has 0 aliphatic heterocycles. The first-order chi connectivity index (χ1) is 14.6. The largest absolute Gasteiger partial charge is 0.297 e. The van der Waals surface area contributed by atoms with Crippen LogP contribution in [0.2, 0.25) is 0 Å². The highest BCUT2D eigenvalue weighted by Gasteiger charge is 2.28. The van der Waals surface area contributed by atoms with E-state index >= 15 is 0 Å². The fraction of sp³-hybridized carbons (Fsp3) is 0.348. The molecule has 0 unspecified atom stereocenters. The molecule has 0 fully saturated rings. The van der Waals surface area contributed by atoms with Crippen LogP contribution >= 0.6 is 0 Å². The third-order valence-electron chi connectivity index (χ3n) is 5.55. The maximum atomic E-state index is 14.1. The van der Waals surface area contributed by atoms with E-state index in [1.807, 2.05) is 48.5 Å². The molecule has 156 valence electrons. The minimum Gasteiger partial charge on any atom is -0.297 e. The lowest BCUT2D eigenvalue weighted by atomic mass is 10.1. The molecule has 0 aliphatic rings. The summed E-state index contributed by atoms with van der Waals surface area (Å²) in [6.45, 7) is 11.3. The zero-order chi connectivity index (χ0) is 21.3. The third kappa shape index (κ3) is 3.10. The monoisotopic (exact) mass is 404 g/mol. The van der Waals surface area contributed by atoms with Crippen LogP contribution in [0, 0.1) is 0 Å². The molecule has 0 aliphatic carbocycles. The molecule has 0 N–H and O–H groups in total. The summed E-state index contributed by atoms with van der Waals surface area (Å²) in [5.41, 5.74) is 2.78. The summed E-state index contributed by atoms with van der Waals surface area (Å²) in [4.78, 5) is 17.7. The number of rotatable bonds is 8. The number of nitrogens with zero attached hydrogens (tertiary/aromatic N) is 6. The molecular weight excluding hydrogens is 376 g/mol. The van der Waals surface area contributed by atoms with Crippen molar-refractivity contribution in [2.45, 2.75) is 27.7 Å². The maximum absolute atomic E-state index is 14.1. The number of carbonyl (C=O) groups excluding carboxylic acids is 1. The molecule has 0 saturated heterocycles. The average Bonchev–Trinajstić information content (AvgIpc) is 3.34. The summed E-state index contributed by atoms with van der Waals surface area (Å²) in [7, 11) is 0. The van der Waals surface area contributed by atoms with Gasteiger partial charge in [0, 0.05) is 37.0 Å². The van der Waals surface area contributed by atoms with E-state index in [2.05, 4.69) is 37.7 Å². The molecule has 0 spiro atoms. The van der Waals surface area contributed by atoms with Gasteiger partial charge in [-0.15, -0.1) is 0 Å². The van der Waals surface area contributed by atoms with Crippen LogP contribution in [0.1, 0.15) is 43.9 Å². The minimum atomic E-state index is -0.0730. The van der Waals surface area contributed by atoms with Crippen molar-refractivity contribution in [1.82, 2.24) is 19.8 Å². The zero-order valence-electron chi connectivity index (χ0n) is 18.0. The number of hydrogen-bond donors (Lipinski definition) is 0. The lowest BCUT2D eigenvalue weighted by Gasteiger charge is -2.25. The fourth-order valence-electron chi connectivity index (χ4n) is 3.97. The number of benzene rings is 2. The Morgan fingerprint density at radius 1 is 0.700 bits per heavy atom. The van der Waals surface area contributed by atoms with Crippen LogP contribution in [0.25, 0.3) is 21.8 Å². The van der Waals surface area contributed by atoms with Crippen molar-refractivity contribution in [3.05, 3.63) is 59.9 Å². The second-order valence-corrected chi connectivity index (χ2v) is 7.12. The molecule has 0 amide bonds. The van der Waals surface area contributed by atoms with Gasteiger partial charge in [0.15, 0.2) is 0 Å². The topological polar surface area (TPSA) is 59.2 Å². The van der Waals surface area contributed by atoms with E-state index in [1.54, 1.807) is 9.58 Å². The van der Waals surface area contributed by atoms with E-state index in [4.69, 9.17) is 10.2 Å². The van der Waals surface area contributed by atoms with Gasteiger partial charge < -0.3 is 0 Å². The van der Waals surface area contributed by atoms with Crippen LogP contribution in [-0.4, -0.2) is 51.7 Å². The van der Waals surface area contributed by atoms with Gasteiger partial charge in [-0.25, -0.2) is 0 Å². The summed E-state index contributed by atoms with van der Waals surface area (Å²) in [6, 6.07) is 15.6. The Balaban J connectivity index is 2.01. The number of carbonyl (C=O) groups is 1. The van der Waals surface area contributed by atoms with Crippen LogP contribution < -0.4 is 10.0 Å². The van der Waals surface area contributed by atoms with E-state index < -0.39 is 0 Å². The lowest BCUT2D eigenvalue weighted by molar-refractivity contribution is 0.102. The van der Waals surface area contributed by atoms with Crippen LogP contribution in [0.3, 0.4) is 0 Å². The predicted octanol–water partition coefficient (Wildman–Crippen LogP) is 3.57. The first-order valence-electron chi connectivity index (χ1n) is 10.6. The molecule has 4 aromatic rings. The van der Waals surface area contributed by atoms with E-state index in [1.165, 1.54) is 0 Å². The Hall–Kier alpha value is -3.35. The van der Waals surface area contributed by atoms with Gasteiger partial charge in [0.05, 0.1) is 11.0 Å². The van der Waals surface area contributed by atoms with Gasteiger partial charge in [-0.3, -0.25) is 14.8 Å². The lowest BCUT2D eigenvalue weighted by Crippen LogP contribution is -2.40. The van der Waals surface area contributed by atoms with Crippen molar-refractivity contribution < 1.29 is 4.79 Å². The van der Waals surface area contributed by atoms with Crippen molar-refractivity contribution in [2.24, 2.45) is 0 Å². The molecule has 2 aromatic carbocycles. The second kappa shape index (κ2) is 8.18. The van der Waals surface area contributed by atoms with Gasteiger partial charge in [0.25, 0.3) is 0 Å². The molecule has 0 radical (unpaired) electrons. The van der Waals surface area contributed by atoms with Crippen LogP contribution in [0.5, 0.6) is 0 Å². The highest BCUT2D eigenvalue weighted by atomic mass is 16.1. The predicted molar refractivity (Wildman–Crippen MR) is 121 cm³/mol. The van der Waals surface area contributed by atoms with Gasteiger partial charge in [-0.2, -0.15) is 19.8 Å². The van der Waals surface area contributed by atoms with Crippen molar-refractivity contribution >= 4 is 27.6 Å². The Labute approximate surface area is 176 Å². The van der Waals surface area contributed by atoms with Crippen LogP contribution in [-0.2, 0) is 0 Å². The van der Waals surface area contributed by atoms with E-state index in [0.717, 1.165) is 48.0 Å². The number of fused-ring (bicyclic) bond motifs is 2. The van der Waals surface area contributed by atoms with Gasteiger partial charge in [-0.1, -0.05) is 36.4 Å². The van der Waals surface area contributed by atoms with Crippen molar-refractivity contribution in [1.29, 1.82) is 0 Å². The van der Waals surface area contributed by atoms with Crippen LogP contribution in [0.4, 0.5) is 0 Å². The van der Waals surface area contributed by atoms with Crippen molar-refractivity contribution in [3.8, 4) is 0 Å². The smallest absolute Gasteiger partial charge is 0.234 e.